The SMILES string of the molecule is COC(=O)c1c(SCC(=O)NC(C)C(C)C)nc(=O)[nH]c1C. The molecule has 122 valence electrons. The molecule has 0 saturated carbocycles. The number of ether oxygens (including phenoxy) is 1. The molecule has 8 heteroatoms. The van der Waals surface area contributed by atoms with Crippen molar-refractivity contribution in [3.05, 3.63) is 21.7 Å². The third kappa shape index (κ3) is 4.87. The van der Waals surface area contributed by atoms with Gasteiger partial charge in [0, 0.05) is 11.7 Å². The van der Waals surface area contributed by atoms with E-state index in [-0.39, 0.29) is 28.3 Å². The van der Waals surface area contributed by atoms with Gasteiger partial charge in [0.1, 0.15) is 10.6 Å². The molecule has 0 aliphatic rings. The number of rotatable bonds is 6. The number of carbonyl (C=O) groups is 2. The first kappa shape index (κ1) is 18.2. The fourth-order valence-electron chi connectivity index (χ4n) is 1.60. The second kappa shape index (κ2) is 7.98. The van der Waals surface area contributed by atoms with E-state index in [1.807, 2.05) is 20.8 Å². The Morgan fingerprint density at radius 3 is 2.55 bits per heavy atom. The fourth-order valence-corrected chi connectivity index (χ4v) is 2.48. The minimum atomic E-state index is -0.597. The second-order valence-corrected chi connectivity index (χ2v) is 6.19. The number of amides is 1. The second-order valence-electron chi connectivity index (χ2n) is 5.23. The standard InChI is InChI=1S/C14H21N3O4S/c1-7(2)8(3)15-10(18)6-22-12-11(13(19)21-5)9(4)16-14(20)17-12/h7-8H,6H2,1-5H3,(H,15,18)(H,16,17,20). The molecule has 7 nitrogen and oxygen atoms in total. The van der Waals surface area contributed by atoms with Crippen LogP contribution in [0.2, 0.25) is 0 Å². The van der Waals surface area contributed by atoms with E-state index in [9.17, 15) is 14.4 Å². The lowest BCUT2D eigenvalue weighted by Crippen LogP contribution is -2.37. The van der Waals surface area contributed by atoms with Crippen molar-refractivity contribution in [2.75, 3.05) is 12.9 Å². The van der Waals surface area contributed by atoms with Crippen LogP contribution in [-0.2, 0) is 9.53 Å². The van der Waals surface area contributed by atoms with Crippen molar-refractivity contribution in [1.29, 1.82) is 0 Å². The van der Waals surface area contributed by atoms with Gasteiger partial charge in [0.05, 0.1) is 12.9 Å². The third-order valence-corrected chi connectivity index (χ3v) is 4.18. The van der Waals surface area contributed by atoms with Crippen LogP contribution in [0, 0.1) is 12.8 Å². The molecular weight excluding hydrogens is 306 g/mol. The van der Waals surface area contributed by atoms with Gasteiger partial charge in [-0.25, -0.2) is 9.59 Å². The number of esters is 1. The van der Waals surface area contributed by atoms with Gasteiger partial charge in [-0.05, 0) is 19.8 Å². The van der Waals surface area contributed by atoms with Crippen molar-refractivity contribution in [3.8, 4) is 0 Å². The smallest absolute Gasteiger partial charge is 0.346 e. The number of hydrogen-bond acceptors (Lipinski definition) is 6. The van der Waals surface area contributed by atoms with Gasteiger partial charge in [0.2, 0.25) is 5.91 Å². The fraction of sp³-hybridized carbons (Fsp3) is 0.571. The first-order chi connectivity index (χ1) is 10.3. The number of nitrogens with zero attached hydrogens (tertiary/aromatic N) is 1. The molecule has 0 spiro atoms. The van der Waals surface area contributed by atoms with E-state index in [2.05, 4.69) is 20.0 Å². The van der Waals surface area contributed by atoms with Crippen molar-refractivity contribution in [2.45, 2.75) is 38.8 Å². The van der Waals surface area contributed by atoms with Crippen LogP contribution in [0.1, 0.15) is 36.8 Å². The summed E-state index contributed by atoms with van der Waals surface area (Å²) in [6.45, 7) is 7.52. The predicted octanol–water partition coefficient (Wildman–Crippen LogP) is 1.12. The van der Waals surface area contributed by atoms with Gasteiger partial charge in [0.25, 0.3) is 0 Å². The van der Waals surface area contributed by atoms with E-state index in [4.69, 9.17) is 0 Å². The molecule has 1 unspecified atom stereocenters. The van der Waals surface area contributed by atoms with Crippen LogP contribution in [-0.4, -0.2) is 40.7 Å². The summed E-state index contributed by atoms with van der Waals surface area (Å²) in [4.78, 5) is 41.3. The summed E-state index contributed by atoms with van der Waals surface area (Å²) in [7, 11) is 1.25. The molecule has 22 heavy (non-hydrogen) atoms. The Morgan fingerprint density at radius 1 is 1.36 bits per heavy atom. The van der Waals surface area contributed by atoms with E-state index in [0.29, 0.717) is 11.6 Å². The minimum Gasteiger partial charge on any atom is -0.465 e. The quantitative estimate of drug-likeness (QED) is 0.461. The monoisotopic (exact) mass is 327 g/mol. The zero-order chi connectivity index (χ0) is 16.9. The Bertz CT molecular complexity index is 613. The van der Waals surface area contributed by atoms with Gasteiger partial charge in [-0.2, -0.15) is 4.98 Å². The zero-order valence-electron chi connectivity index (χ0n) is 13.4. The van der Waals surface area contributed by atoms with Crippen molar-refractivity contribution < 1.29 is 14.3 Å². The van der Waals surface area contributed by atoms with Gasteiger partial charge in [-0.1, -0.05) is 25.6 Å². The van der Waals surface area contributed by atoms with Crippen LogP contribution in [0.15, 0.2) is 9.82 Å². The minimum absolute atomic E-state index is 0.0436. The van der Waals surface area contributed by atoms with Crippen LogP contribution in [0.25, 0.3) is 0 Å². The number of hydrogen-bond donors (Lipinski definition) is 2. The highest BCUT2D eigenvalue weighted by Gasteiger charge is 2.20. The Balaban J connectivity index is 2.87. The molecule has 0 saturated heterocycles. The molecule has 0 aliphatic heterocycles. The van der Waals surface area contributed by atoms with Crippen LogP contribution < -0.4 is 11.0 Å². The Kier molecular flexibility index (Phi) is 6.61. The molecule has 0 aromatic carbocycles. The summed E-state index contributed by atoms with van der Waals surface area (Å²) >= 11 is 1.04. The van der Waals surface area contributed by atoms with E-state index in [0.717, 1.165) is 11.8 Å². The number of methoxy groups -OCH3 is 1. The molecule has 1 aromatic heterocycles. The Morgan fingerprint density at radius 2 is 2.00 bits per heavy atom. The lowest BCUT2D eigenvalue weighted by molar-refractivity contribution is -0.119. The van der Waals surface area contributed by atoms with Gasteiger partial charge in [0.15, 0.2) is 0 Å². The van der Waals surface area contributed by atoms with Crippen LogP contribution >= 0.6 is 11.8 Å². The topological polar surface area (TPSA) is 101 Å². The number of aromatic amines is 1. The first-order valence-electron chi connectivity index (χ1n) is 6.87. The van der Waals surface area contributed by atoms with Crippen molar-refractivity contribution >= 4 is 23.6 Å². The molecule has 1 rings (SSSR count). The van der Waals surface area contributed by atoms with Gasteiger partial charge in [-0.15, -0.1) is 0 Å². The number of nitrogens with one attached hydrogen (secondary N) is 2. The van der Waals surface area contributed by atoms with E-state index in [1.54, 1.807) is 6.92 Å². The first-order valence-corrected chi connectivity index (χ1v) is 7.86. The highest BCUT2D eigenvalue weighted by Crippen LogP contribution is 2.21. The number of aromatic nitrogens is 2. The molecule has 2 N–H and O–H groups in total. The Hall–Kier alpha value is -1.83. The molecule has 1 atom stereocenters. The highest BCUT2D eigenvalue weighted by atomic mass is 32.2. The maximum Gasteiger partial charge on any atom is 0.346 e. The van der Waals surface area contributed by atoms with Crippen LogP contribution in [0.3, 0.4) is 0 Å². The molecule has 1 heterocycles. The van der Waals surface area contributed by atoms with E-state index < -0.39 is 11.7 Å². The Labute approximate surface area is 133 Å². The maximum absolute atomic E-state index is 11.9. The molecule has 0 aliphatic carbocycles. The summed E-state index contributed by atoms with van der Waals surface area (Å²) in [5.41, 5.74) is -0.0225. The molecule has 0 bridgehead atoms. The lowest BCUT2D eigenvalue weighted by Gasteiger charge is -2.17. The zero-order valence-corrected chi connectivity index (χ0v) is 14.2. The molecule has 0 fully saturated rings. The summed E-state index contributed by atoms with van der Waals surface area (Å²) < 4.78 is 4.69. The summed E-state index contributed by atoms with van der Waals surface area (Å²) in [6, 6.07) is 0.0436. The molecule has 1 aromatic rings. The number of H-pyrrole nitrogens is 1. The summed E-state index contributed by atoms with van der Waals surface area (Å²) in [5, 5.41) is 3.05. The number of carbonyl (C=O) groups excluding carboxylic acids is 2. The van der Waals surface area contributed by atoms with Crippen LogP contribution in [0.4, 0.5) is 0 Å². The van der Waals surface area contributed by atoms with Gasteiger partial charge in [-0.3, -0.25) is 4.79 Å². The van der Waals surface area contributed by atoms with Gasteiger partial charge < -0.3 is 15.0 Å². The summed E-state index contributed by atoms with van der Waals surface area (Å²) in [6.07, 6.45) is 0. The van der Waals surface area contributed by atoms with Crippen molar-refractivity contribution in [2.24, 2.45) is 5.92 Å². The van der Waals surface area contributed by atoms with Crippen molar-refractivity contribution in [1.82, 2.24) is 15.3 Å². The molecule has 0 radical (unpaired) electrons. The van der Waals surface area contributed by atoms with Gasteiger partial charge >= 0.3 is 11.7 Å². The van der Waals surface area contributed by atoms with Crippen LogP contribution in [0.5, 0.6) is 0 Å². The normalized spacial score (nSPS) is 12.1. The predicted molar refractivity (Wildman–Crippen MR) is 84.1 cm³/mol. The largest absolute Gasteiger partial charge is 0.465 e. The maximum atomic E-state index is 11.9. The lowest BCUT2D eigenvalue weighted by atomic mass is 10.1. The van der Waals surface area contributed by atoms with Crippen molar-refractivity contribution in [3.63, 3.8) is 0 Å². The molecule has 1 amide bonds. The average molecular weight is 327 g/mol. The highest BCUT2D eigenvalue weighted by molar-refractivity contribution is 8.00. The third-order valence-electron chi connectivity index (χ3n) is 3.20. The number of aryl methyl sites for hydroxylation is 1. The summed E-state index contributed by atoms with van der Waals surface area (Å²) in [5.74, 6) is -0.391. The van der Waals surface area contributed by atoms with E-state index >= 15 is 0 Å². The number of thioether (sulfide) groups is 1. The average Bonchev–Trinajstić information content (AvgIpc) is 2.43. The molecular formula is C14H21N3O4S. The van der Waals surface area contributed by atoms with E-state index in [1.165, 1.54) is 7.11 Å².